The summed E-state index contributed by atoms with van der Waals surface area (Å²) >= 11 is 0. The Labute approximate surface area is 113 Å². The van der Waals surface area contributed by atoms with Crippen molar-refractivity contribution in [2.45, 2.75) is 31.7 Å². The summed E-state index contributed by atoms with van der Waals surface area (Å²) in [4.78, 5) is 12.1. The molecule has 0 spiro atoms. The molecular formula is C15H21NO3. The molecule has 4 heteroatoms. The Morgan fingerprint density at radius 1 is 1.53 bits per heavy atom. The summed E-state index contributed by atoms with van der Waals surface area (Å²) in [7, 11) is 1.65. The maximum atomic E-state index is 12.1. The van der Waals surface area contributed by atoms with Gasteiger partial charge in [0.15, 0.2) is 0 Å². The van der Waals surface area contributed by atoms with Gasteiger partial charge in [0.2, 0.25) is 5.91 Å². The molecule has 0 saturated heterocycles. The predicted octanol–water partition coefficient (Wildman–Crippen LogP) is 1.69. The van der Waals surface area contributed by atoms with Crippen LogP contribution in [-0.4, -0.2) is 30.8 Å². The first-order valence-electron chi connectivity index (χ1n) is 6.75. The molecule has 1 saturated carbocycles. The molecule has 3 atom stereocenters. The van der Waals surface area contributed by atoms with Gasteiger partial charge in [-0.05, 0) is 30.4 Å². The van der Waals surface area contributed by atoms with Crippen molar-refractivity contribution >= 4 is 5.91 Å². The van der Waals surface area contributed by atoms with E-state index >= 15 is 0 Å². The van der Waals surface area contributed by atoms with Crippen LogP contribution in [0.15, 0.2) is 24.3 Å². The van der Waals surface area contributed by atoms with Crippen LogP contribution in [0.25, 0.3) is 0 Å². The Morgan fingerprint density at radius 2 is 2.26 bits per heavy atom. The van der Waals surface area contributed by atoms with E-state index in [-0.39, 0.29) is 30.4 Å². The standard InChI is InChI=1S/C15H21NO3/c1-3-10(9-17)16-15(18)13-8-12(13)11-6-4-5-7-14(11)19-2/h4-7,10,12-13,17H,3,8-9H2,1-2H3,(H,16,18). The normalized spacial score (nSPS) is 22.7. The number of carbonyl (C=O) groups excluding carboxylic acids is 1. The average molecular weight is 263 g/mol. The molecule has 1 amide bonds. The van der Waals surface area contributed by atoms with Gasteiger partial charge < -0.3 is 15.2 Å². The van der Waals surface area contributed by atoms with Gasteiger partial charge >= 0.3 is 0 Å². The second-order valence-corrected chi connectivity index (χ2v) is 4.99. The van der Waals surface area contributed by atoms with Gasteiger partial charge in [-0.25, -0.2) is 0 Å². The summed E-state index contributed by atoms with van der Waals surface area (Å²) in [6.07, 6.45) is 1.60. The highest BCUT2D eigenvalue weighted by molar-refractivity contribution is 5.83. The van der Waals surface area contributed by atoms with Crippen molar-refractivity contribution < 1.29 is 14.6 Å². The Bertz CT molecular complexity index is 443. The maximum absolute atomic E-state index is 12.1. The molecule has 1 aromatic carbocycles. The van der Waals surface area contributed by atoms with E-state index in [1.54, 1.807) is 7.11 Å². The second kappa shape index (κ2) is 6.06. The number of rotatable bonds is 6. The lowest BCUT2D eigenvalue weighted by Gasteiger charge is -2.14. The van der Waals surface area contributed by atoms with Crippen molar-refractivity contribution in [3.8, 4) is 5.75 Å². The molecule has 0 heterocycles. The fourth-order valence-electron chi connectivity index (χ4n) is 2.39. The van der Waals surface area contributed by atoms with Gasteiger partial charge in [-0.1, -0.05) is 25.1 Å². The average Bonchev–Trinajstić information content (AvgIpc) is 3.24. The summed E-state index contributed by atoms with van der Waals surface area (Å²) in [5, 5.41) is 12.0. The van der Waals surface area contributed by atoms with E-state index in [9.17, 15) is 4.79 Å². The van der Waals surface area contributed by atoms with E-state index in [0.29, 0.717) is 0 Å². The van der Waals surface area contributed by atoms with Gasteiger partial charge in [-0.15, -0.1) is 0 Å². The number of para-hydroxylation sites is 1. The molecule has 2 rings (SSSR count). The molecule has 1 aromatic rings. The largest absolute Gasteiger partial charge is 0.496 e. The fraction of sp³-hybridized carbons (Fsp3) is 0.533. The highest BCUT2D eigenvalue weighted by Gasteiger charge is 2.45. The molecule has 2 N–H and O–H groups in total. The summed E-state index contributed by atoms with van der Waals surface area (Å²) in [5.41, 5.74) is 1.10. The van der Waals surface area contributed by atoms with Crippen molar-refractivity contribution in [2.75, 3.05) is 13.7 Å². The lowest BCUT2D eigenvalue weighted by molar-refractivity contribution is -0.123. The Balaban J connectivity index is 1.98. The third-order valence-electron chi connectivity index (χ3n) is 3.73. The zero-order chi connectivity index (χ0) is 13.8. The second-order valence-electron chi connectivity index (χ2n) is 4.99. The fourth-order valence-corrected chi connectivity index (χ4v) is 2.39. The van der Waals surface area contributed by atoms with Gasteiger partial charge in [-0.2, -0.15) is 0 Å². The number of hydrogen-bond acceptors (Lipinski definition) is 3. The third kappa shape index (κ3) is 3.07. The molecule has 1 aliphatic carbocycles. The van der Waals surface area contributed by atoms with Crippen LogP contribution in [0.1, 0.15) is 31.2 Å². The Hall–Kier alpha value is -1.55. The van der Waals surface area contributed by atoms with E-state index in [4.69, 9.17) is 9.84 Å². The molecular weight excluding hydrogens is 242 g/mol. The van der Waals surface area contributed by atoms with Crippen LogP contribution in [-0.2, 0) is 4.79 Å². The van der Waals surface area contributed by atoms with Crippen LogP contribution < -0.4 is 10.1 Å². The number of benzene rings is 1. The molecule has 0 aromatic heterocycles. The number of aliphatic hydroxyl groups is 1. The van der Waals surface area contributed by atoms with Crippen LogP contribution in [0.4, 0.5) is 0 Å². The van der Waals surface area contributed by atoms with E-state index in [1.807, 2.05) is 31.2 Å². The lowest BCUT2D eigenvalue weighted by Crippen LogP contribution is -2.38. The SMILES string of the molecule is CCC(CO)NC(=O)C1CC1c1ccccc1OC. The monoisotopic (exact) mass is 263 g/mol. The van der Waals surface area contributed by atoms with E-state index in [0.717, 1.165) is 24.2 Å². The topological polar surface area (TPSA) is 58.6 Å². The molecule has 1 aliphatic rings. The number of carbonyl (C=O) groups is 1. The van der Waals surface area contributed by atoms with Crippen molar-refractivity contribution in [1.82, 2.24) is 5.32 Å². The first-order valence-corrected chi connectivity index (χ1v) is 6.75. The summed E-state index contributed by atoms with van der Waals surface area (Å²) in [5.74, 6) is 1.14. The quantitative estimate of drug-likeness (QED) is 0.821. The van der Waals surface area contributed by atoms with Crippen LogP contribution in [0.5, 0.6) is 5.75 Å². The van der Waals surface area contributed by atoms with E-state index in [2.05, 4.69) is 5.32 Å². The van der Waals surface area contributed by atoms with Gasteiger partial charge in [0.05, 0.1) is 19.8 Å². The van der Waals surface area contributed by atoms with Gasteiger partial charge in [-0.3, -0.25) is 4.79 Å². The minimum absolute atomic E-state index is 0.00567. The van der Waals surface area contributed by atoms with Crippen LogP contribution in [0.3, 0.4) is 0 Å². The van der Waals surface area contributed by atoms with Gasteiger partial charge in [0, 0.05) is 5.92 Å². The maximum Gasteiger partial charge on any atom is 0.224 e. The van der Waals surface area contributed by atoms with Crippen LogP contribution in [0, 0.1) is 5.92 Å². The lowest BCUT2D eigenvalue weighted by atomic mass is 10.1. The van der Waals surface area contributed by atoms with Gasteiger partial charge in [0.25, 0.3) is 0 Å². The summed E-state index contributed by atoms with van der Waals surface area (Å²) < 4.78 is 5.33. The van der Waals surface area contributed by atoms with E-state index < -0.39 is 0 Å². The molecule has 0 radical (unpaired) electrons. The molecule has 3 unspecified atom stereocenters. The number of amides is 1. The highest BCUT2D eigenvalue weighted by atomic mass is 16.5. The summed E-state index contributed by atoms with van der Waals surface area (Å²) in [6.45, 7) is 1.94. The number of ether oxygens (including phenoxy) is 1. The van der Waals surface area contributed by atoms with Crippen molar-refractivity contribution in [3.05, 3.63) is 29.8 Å². The zero-order valence-corrected chi connectivity index (χ0v) is 11.4. The highest BCUT2D eigenvalue weighted by Crippen LogP contribution is 2.50. The number of hydrogen-bond donors (Lipinski definition) is 2. The third-order valence-corrected chi connectivity index (χ3v) is 3.73. The number of aliphatic hydroxyl groups excluding tert-OH is 1. The van der Waals surface area contributed by atoms with Crippen LogP contribution >= 0.6 is 0 Å². The number of nitrogens with one attached hydrogen (secondary N) is 1. The van der Waals surface area contributed by atoms with Crippen molar-refractivity contribution in [2.24, 2.45) is 5.92 Å². The molecule has 0 aliphatic heterocycles. The zero-order valence-electron chi connectivity index (χ0n) is 11.4. The molecule has 104 valence electrons. The van der Waals surface area contributed by atoms with Crippen molar-refractivity contribution in [3.63, 3.8) is 0 Å². The molecule has 4 nitrogen and oxygen atoms in total. The minimum atomic E-state index is -0.133. The molecule has 0 bridgehead atoms. The van der Waals surface area contributed by atoms with Crippen molar-refractivity contribution in [1.29, 1.82) is 0 Å². The Kier molecular flexibility index (Phi) is 4.43. The number of methoxy groups -OCH3 is 1. The Morgan fingerprint density at radius 3 is 2.89 bits per heavy atom. The first kappa shape index (κ1) is 13.9. The van der Waals surface area contributed by atoms with Gasteiger partial charge in [0.1, 0.15) is 5.75 Å². The molecule has 19 heavy (non-hydrogen) atoms. The molecule has 1 fully saturated rings. The predicted molar refractivity (Wildman–Crippen MR) is 73.1 cm³/mol. The smallest absolute Gasteiger partial charge is 0.224 e. The first-order chi connectivity index (χ1) is 9.21. The van der Waals surface area contributed by atoms with Crippen LogP contribution in [0.2, 0.25) is 0 Å². The van der Waals surface area contributed by atoms with E-state index in [1.165, 1.54) is 0 Å². The minimum Gasteiger partial charge on any atom is -0.496 e. The summed E-state index contributed by atoms with van der Waals surface area (Å²) in [6, 6.07) is 7.70.